The smallest absolute Gasteiger partial charge is 0.407 e. The Hall–Kier alpha value is -2.99. The first-order chi connectivity index (χ1) is 22.7. The van der Waals surface area contributed by atoms with Crippen molar-refractivity contribution < 1.29 is 50.8 Å². The van der Waals surface area contributed by atoms with Gasteiger partial charge < -0.3 is 29.2 Å². The molecular weight excluding hydrogens is 666 g/mol. The highest BCUT2D eigenvalue weighted by Gasteiger charge is 2.49. The highest BCUT2D eigenvalue weighted by Crippen LogP contribution is 2.41. The first kappa shape index (κ1) is 36.3. The fourth-order valence-electron chi connectivity index (χ4n) is 6.74. The third-order valence-corrected chi connectivity index (χ3v) is 11.6. The number of carboxylic acid groups (broad SMARTS) is 1. The number of amides is 1. The second-order valence-corrected chi connectivity index (χ2v) is 17.1. The fourth-order valence-corrected chi connectivity index (χ4v) is 9.04. The van der Waals surface area contributed by atoms with E-state index in [-0.39, 0.29) is 55.2 Å². The van der Waals surface area contributed by atoms with Crippen molar-refractivity contribution in [2.75, 3.05) is 45.9 Å². The Morgan fingerprint density at radius 2 is 1.81 bits per heavy atom. The van der Waals surface area contributed by atoms with E-state index in [0.29, 0.717) is 25.9 Å². The van der Waals surface area contributed by atoms with Crippen molar-refractivity contribution in [3.05, 3.63) is 54.1 Å². The molecule has 2 saturated heterocycles. The molecule has 5 rings (SSSR count). The molecule has 3 aliphatic heterocycles. The fraction of sp³-hybridized carbons (Fsp3) is 0.594. The van der Waals surface area contributed by atoms with Gasteiger partial charge in [-0.15, -0.1) is 0 Å². The lowest BCUT2D eigenvalue weighted by atomic mass is 9.87. The van der Waals surface area contributed by atoms with E-state index in [0.717, 1.165) is 11.8 Å². The molecule has 266 valence electrons. The number of hydrogen-bond donors (Lipinski definition) is 3. The largest absolute Gasteiger partial charge is 0.465 e. The first-order valence-corrected chi connectivity index (χ1v) is 19.3. The van der Waals surface area contributed by atoms with Crippen LogP contribution in [0.25, 0.3) is 0 Å². The molecule has 3 heterocycles. The summed E-state index contributed by atoms with van der Waals surface area (Å²) in [7, 11) is -7.74. The minimum atomic E-state index is -4.35. The van der Waals surface area contributed by atoms with Crippen LogP contribution in [0.15, 0.2) is 53.4 Å². The first-order valence-electron chi connectivity index (χ1n) is 16.0. The van der Waals surface area contributed by atoms with Gasteiger partial charge in [-0.1, -0.05) is 50.2 Å². The Bertz CT molecular complexity index is 1640. The van der Waals surface area contributed by atoms with Crippen molar-refractivity contribution in [1.29, 1.82) is 0 Å². The zero-order valence-electron chi connectivity index (χ0n) is 27.4. The number of nitrogens with zero attached hydrogens (tertiary/aromatic N) is 2. The SMILES string of the molecule is CC(C)(CCCNS(C)(=O)=O)CN(C[C@@H](O)[C@H](Cc1ccccc1)N(C(=O)O)[C@H]1CO[C@H]2OCC[C@H]21)S(=O)(=O)c1cccc2c1OCO2. The molecule has 0 aromatic heterocycles. The number of sulfonamides is 2. The van der Waals surface area contributed by atoms with Gasteiger partial charge in [-0.25, -0.2) is 26.4 Å². The van der Waals surface area contributed by atoms with Crippen LogP contribution in [-0.4, -0.2) is 113 Å². The third-order valence-electron chi connectivity index (χ3n) is 9.04. The molecule has 3 aliphatic rings. The van der Waals surface area contributed by atoms with Crippen molar-refractivity contribution in [3.8, 4) is 11.5 Å². The summed E-state index contributed by atoms with van der Waals surface area (Å²) in [5.74, 6) is 0.113. The molecule has 0 spiro atoms. The van der Waals surface area contributed by atoms with Crippen molar-refractivity contribution in [1.82, 2.24) is 13.9 Å². The van der Waals surface area contributed by atoms with Gasteiger partial charge >= 0.3 is 6.09 Å². The average molecular weight is 712 g/mol. The van der Waals surface area contributed by atoms with E-state index in [1.165, 1.54) is 15.3 Å². The predicted molar refractivity (Wildman–Crippen MR) is 175 cm³/mol. The lowest BCUT2D eigenvalue weighted by molar-refractivity contribution is -0.0906. The number of benzene rings is 2. The van der Waals surface area contributed by atoms with Gasteiger partial charge in [0.2, 0.25) is 26.8 Å². The normalized spacial score (nSPS) is 22.1. The zero-order valence-corrected chi connectivity index (χ0v) is 29.0. The molecule has 2 fully saturated rings. The number of carbonyl (C=O) groups is 1. The summed E-state index contributed by atoms with van der Waals surface area (Å²) in [6.07, 6.45) is -0.590. The molecular formula is C32H45N3O11S2. The monoisotopic (exact) mass is 711 g/mol. The van der Waals surface area contributed by atoms with Crippen LogP contribution < -0.4 is 14.2 Å². The number of aliphatic hydroxyl groups is 1. The number of rotatable bonds is 16. The van der Waals surface area contributed by atoms with Gasteiger partial charge in [0.25, 0.3) is 0 Å². The van der Waals surface area contributed by atoms with Gasteiger partial charge in [0.15, 0.2) is 17.8 Å². The predicted octanol–water partition coefficient (Wildman–Crippen LogP) is 2.48. The van der Waals surface area contributed by atoms with E-state index in [9.17, 15) is 31.8 Å². The molecule has 48 heavy (non-hydrogen) atoms. The van der Waals surface area contributed by atoms with Gasteiger partial charge in [0.05, 0.1) is 37.7 Å². The highest BCUT2D eigenvalue weighted by atomic mass is 32.2. The molecule has 16 heteroatoms. The van der Waals surface area contributed by atoms with Crippen LogP contribution in [0.1, 0.15) is 38.7 Å². The maximum absolute atomic E-state index is 14.5. The Kier molecular flexibility index (Phi) is 11.2. The van der Waals surface area contributed by atoms with Crippen LogP contribution >= 0.6 is 0 Å². The van der Waals surface area contributed by atoms with Crippen LogP contribution in [0.3, 0.4) is 0 Å². The Morgan fingerprint density at radius 3 is 2.52 bits per heavy atom. The molecule has 0 saturated carbocycles. The molecule has 0 bridgehead atoms. The zero-order chi connectivity index (χ0) is 34.7. The standard InChI is InChI=1S/C32H45N3O11S2/c1-32(2,14-8-15-33-47(3,39)40)20-34(48(41,42)28-12-7-11-27-29(28)46-21-45-27)18-26(36)24(17-22-9-5-4-6-10-22)35(31(37)38)25-19-44-30-23(25)13-16-43-30/h4-7,9-12,23-26,30,33,36H,8,13-21H2,1-3H3,(H,37,38)/t23-,24-,25-,26+,30+/m0/s1. The molecule has 0 aliphatic carbocycles. The minimum absolute atomic E-state index is 0.0635. The number of aliphatic hydroxyl groups excluding tert-OH is 1. The van der Waals surface area contributed by atoms with E-state index in [1.807, 2.05) is 44.2 Å². The summed E-state index contributed by atoms with van der Waals surface area (Å²) in [4.78, 5) is 14.1. The summed E-state index contributed by atoms with van der Waals surface area (Å²) in [5.41, 5.74) is 0.0848. The Morgan fingerprint density at radius 1 is 1.06 bits per heavy atom. The second-order valence-electron chi connectivity index (χ2n) is 13.3. The van der Waals surface area contributed by atoms with Gasteiger partial charge in [0, 0.05) is 25.6 Å². The number of nitrogens with one attached hydrogen (secondary N) is 1. The van der Waals surface area contributed by atoms with Crippen LogP contribution in [0.2, 0.25) is 0 Å². The third kappa shape index (κ3) is 8.59. The van der Waals surface area contributed by atoms with Crippen LogP contribution in [-0.2, 0) is 35.9 Å². The van der Waals surface area contributed by atoms with E-state index < -0.39 is 62.6 Å². The lowest BCUT2D eigenvalue weighted by Gasteiger charge is -2.40. The van der Waals surface area contributed by atoms with Crippen molar-refractivity contribution >= 4 is 26.1 Å². The quantitative estimate of drug-likeness (QED) is 0.218. The summed E-state index contributed by atoms with van der Waals surface area (Å²) in [6, 6.07) is 12.0. The Balaban J connectivity index is 1.48. The Labute approximate surface area is 282 Å². The minimum Gasteiger partial charge on any atom is -0.465 e. The molecule has 2 aromatic carbocycles. The highest BCUT2D eigenvalue weighted by molar-refractivity contribution is 7.89. The van der Waals surface area contributed by atoms with E-state index in [4.69, 9.17) is 18.9 Å². The van der Waals surface area contributed by atoms with Crippen molar-refractivity contribution in [2.45, 2.75) is 68.9 Å². The van der Waals surface area contributed by atoms with Gasteiger partial charge in [0.1, 0.15) is 4.90 Å². The number of fused-ring (bicyclic) bond motifs is 2. The van der Waals surface area contributed by atoms with Crippen LogP contribution in [0.5, 0.6) is 11.5 Å². The molecule has 2 aromatic rings. The van der Waals surface area contributed by atoms with Gasteiger partial charge in [-0.05, 0) is 48.8 Å². The molecule has 3 N–H and O–H groups in total. The maximum atomic E-state index is 14.5. The van der Waals surface area contributed by atoms with E-state index >= 15 is 0 Å². The number of hydrogen-bond acceptors (Lipinski definition) is 10. The summed E-state index contributed by atoms with van der Waals surface area (Å²) in [6.45, 7) is 3.77. The van der Waals surface area contributed by atoms with Crippen LogP contribution in [0, 0.1) is 11.3 Å². The topological polar surface area (TPSA) is 181 Å². The molecule has 1 amide bonds. The van der Waals surface area contributed by atoms with Crippen molar-refractivity contribution in [3.63, 3.8) is 0 Å². The molecule has 5 atom stereocenters. The number of para-hydroxylation sites is 1. The second kappa shape index (κ2) is 14.9. The van der Waals surface area contributed by atoms with E-state index in [1.54, 1.807) is 12.1 Å². The summed E-state index contributed by atoms with van der Waals surface area (Å²) >= 11 is 0. The molecule has 0 radical (unpaired) electrons. The van der Waals surface area contributed by atoms with E-state index in [2.05, 4.69) is 4.72 Å². The lowest BCUT2D eigenvalue weighted by Crippen LogP contribution is -2.58. The average Bonchev–Trinajstić information content (AvgIpc) is 3.77. The van der Waals surface area contributed by atoms with Crippen molar-refractivity contribution in [2.24, 2.45) is 11.3 Å². The maximum Gasteiger partial charge on any atom is 0.407 e. The van der Waals surface area contributed by atoms with Gasteiger partial charge in [-0.3, -0.25) is 4.90 Å². The molecule has 14 nitrogen and oxygen atoms in total. The van der Waals surface area contributed by atoms with Gasteiger partial charge in [-0.2, -0.15) is 4.31 Å². The summed E-state index contributed by atoms with van der Waals surface area (Å²) in [5, 5.41) is 22.6. The molecule has 0 unspecified atom stereocenters. The van der Waals surface area contributed by atoms with Crippen LogP contribution in [0.4, 0.5) is 4.79 Å². The number of ether oxygens (including phenoxy) is 4. The summed E-state index contributed by atoms with van der Waals surface area (Å²) < 4.78 is 78.2.